The van der Waals surface area contributed by atoms with E-state index in [0.717, 1.165) is 10.0 Å². The van der Waals surface area contributed by atoms with E-state index in [9.17, 15) is 10.1 Å². The molecule has 0 radical (unpaired) electrons. The summed E-state index contributed by atoms with van der Waals surface area (Å²) < 4.78 is 2.21. The Morgan fingerprint density at radius 2 is 2.26 bits per heavy atom. The number of aryl methyl sites for hydroxylation is 1. The molecule has 0 aliphatic heterocycles. The Morgan fingerprint density at radius 3 is 2.79 bits per heavy atom. The van der Waals surface area contributed by atoms with Gasteiger partial charge in [0.05, 0.1) is 11.5 Å². The van der Waals surface area contributed by atoms with Crippen molar-refractivity contribution in [2.24, 2.45) is 0 Å². The van der Waals surface area contributed by atoms with Gasteiger partial charge in [-0.25, -0.2) is 4.68 Å². The molecule has 0 atom stereocenters. The summed E-state index contributed by atoms with van der Waals surface area (Å²) in [6.07, 6.45) is 0. The summed E-state index contributed by atoms with van der Waals surface area (Å²) in [5.41, 5.74) is 6.78. The number of nitro groups is 1. The van der Waals surface area contributed by atoms with E-state index >= 15 is 0 Å². The normalized spacial score (nSPS) is 10.7. The predicted molar refractivity (Wildman–Crippen MR) is 76.3 cm³/mol. The fourth-order valence-corrected chi connectivity index (χ4v) is 2.56. The lowest BCUT2D eigenvalue weighted by Gasteiger charge is -2.06. The molecule has 1 heterocycles. The largest absolute Gasteiger partial charge is 0.378 e. The number of nitrogens with two attached hydrogens (primary N) is 1. The molecule has 1 aromatic carbocycles. The van der Waals surface area contributed by atoms with Gasteiger partial charge in [0.15, 0.2) is 0 Å². The van der Waals surface area contributed by atoms with Crippen LogP contribution in [0.4, 0.5) is 11.5 Å². The fraction of sp³-hybridized carbons (Fsp3) is 0.182. The zero-order valence-electron chi connectivity index (χ0n) is 9.93. The molecule has 0 bridgehead atoms. The van der Waals surface area contributed by atoms with Gasteiger partial charge in [-0.3, -0.25) is 10.1 Å². The van der Waals surface area contributed by atoms with Gasteiger partial charge >= 0.3 is 5.69 Å². The highest BCUT2D eigenvalue weighted by Crippen LogP contribution is 2.28. The number of rotatable bonds is 3. The lowest BCUT2D eigenvalue weighted by molar-refractivity contribution is -0.384. The van der Waals surface area contributed by atoms with Crippen molar-refractivity contribution in [3.05, 3.63) is 49.1 Å². The van der Waals surface area contributed by atoms with Gasteiger partial charge in [0, 0.05) is 9.50 Å². The highest BCUT2D eigenvalue weighted by Gasteiger charge is 2.23. The van der Waals surface area contributed by atoms with Crippen molar-refractivity contribution in [1.29, 1.82) is 0 Å². The standard InChI is InChI=1S/C11H10BrClN4O2/c1-6-10(17(18)19)11(14)16(15-6)5-7-2-3-8(13)4-9(7)12/h2-4H,5,14H2,1H3. The number of nitrogen functional groups attached to an aromatic ring is 1. The molecule has 2 aromatic rings. The van der Waals surface area contributed by atoms with Gasteiger partial charge in [-0.2, -0.15) is 5.10 Å². The maximum absolute atomic E-state index is 10.9. The number of aromatic nitrogens is 2. The summed E-state index contributed by atoms with van der Waals surface area (Å²) in [6.45, 7) is 1.89. The maximum atomic E-state index is 10.9. The number of benzene rings is 1. The quantitative estimate of drug-likeness (QED) is 0.684. The number of hydrogen-bond donors (Lipinski definition) is 1. The second-order valence-electron chi connectivity index (χ2n) is 3.97. The van der Waals surface area contributed by atoms with Crippen LogP contribution in [0.3, 0.4) is 0 Å². The van der Waals surface area contributed by atoms with Crippen LogP contribution in [0.1, 0.15) is 11.3 Å². The van der Waals surface area contributed by atoms with Crippen molar-refractivity contribution in [1.82, 2.24) is 9.78 Å². The van der Waals surface area contributed by atoms with Crippen LogP contribution in [0.25, 0.3) is 0 Å². The summed E-state index contributed by atoms with van der Waals surface area (Å²) in [5, 5.41) is 15.6. The Balaban J connectivity index is 2.39. The predicted octanol–water partition coefficient (Wildman–Crippen LogP) is 3.15. The van der Waals surface area contributed by atoms with Gasteiger partial charge in [-0.1, -0.05) is 33.6 Å². The first-order chi connectivity index (χ1) is 8.90. The molecule has 0 saturated heterocycles. The first-order valence-corrected chi connectivity index (χ1v) is 6.48. The molecule has 2 N–H and O–H groups in total. The van der Waals surface area contributed by atoms with E-state index in [1.165, 1.54) is 4.68 Å². The summed E-state index contributed by atoms with van der Waals surface area (Å²) in [4.78, 5) is 10.3. The van der Waals surface area contributed by atoms with Gasteiger partial charge in [-0.15, -0.1) is 0 Å². The van der Waals surface area contributed by atoms with Crippen molar-refractivity contribution in [3.8, 4) is 0 Å². The van der Waals surface area contributed by atoms with E-state index in [4.69, 9.17) is 17.3 Å². The molecule has 0 saturated carbocycles. The van der Waals surface area contributed by atoms with Crippen LogP contribution in [0.5, 0.6) is 0 Å². The third-order valence-electron chi connectivity index (χ3n) is 2.65. The fourth-order valence-electron chi connectivity index (χ4n) is 1.75. The molecule has 0 fully saturated rings. The first-order valence-electron chi connectivity index (χ1n) is 5.31. The molecule has 0 unspecified atom stereocenters. The van der Waals surface area contributed by atoms with Crippen LogP contribution in [0, 0.1) is 17.0 Å². The molecule has 2 rings (SSSR count). The smallest absolute Gasteiger partial charge is 0.333 e. The van der Waals surface area contributed by atoms with Crippen LogP contribution in [0.2, 0.25) is 5.02 Å². The van der Waals surface area contributed by atoms with Gasteiger partial charge in [0.1, 0.15) is 5.69 Å². The average Bonchev–Trinajstić information content (AvgIpc) is 2.58. The second kappa shape index (κ2) is 5.18. The topological polar surface area (TPSA) is 87.0 Å². The summed E-state index contributed by atoms with van der Waals surface area (Å²) in [6, 6.07) is 5.30. The van der Waals surface area contributed by atoms with Crippen molar-refractivity contribution >= 4 is 39.0 Å². The van der Waals surface area contributed by atoms with Gasteiger partial charge in [-0.05, 0) is 24.6 Å². The second-order valence-corrected chi connectivity index (χ2v) is 5.26. The first kappa shape index (κ1) is 13.8. The van der Waals surface area contributed by atoms with Gasteiger partial charge < -0.3 is 5.73 Å². The van der Waals surface area contributed by atoms with Crippen LogP contribution in [0.15, 0.2) is 22.7 Å². The molecule has 0 spiro atoms. The lowest BCUT2D eigenvalue weighted by Crippen LogP contribution is -2.07. The molecule has 19 heavy (non-hydrogen) atoms. The van der Waals surface area contributed by atoms with E-state index in [1.807, 2.05) is 6.07 Å². The van der Waals surface area contributed by atoms with Crippen LogP contribution in [-0.2, 0) is 6.54 Å². The summed E-state index contributed by atoms with van der Waals surface area (Å²) >= 11 is 9.24. The molecule has 6 nitrogen and oxygen atoms in total. The number of hydrogen-bond acceptors (Lipinski definition) is 4. The van der Waals surface area contributed by atoms with Gasteiger partial charge in [0.25, 0.3) is 0 Å². The Morgan fingerprint density at radius 1 is 1.58 bits per heavy atom. The third-order valence-corrected chi connectivity index (χ3v) is 3.63. The molecule has 8 heteroatoms. The van der Waals surface area contributed by atoms with E-state index in [1.54, 1.807) is 19.1 Å². The monoisotopic (exact) mass is 344 g/mol. The molecule has 0 aliphatic rings. The summed E-state index contributed by atoms with van der Waals surface area (Å²) in [7, 11) is 0. The summed E-state index contributed by atoms with van der Waals surface area (Å²) in [5.74, 6) is 0.0457. The van der Waals surface area contributed by atoms with Crippen LogP contribution in [-0.4, -0.2) is 14.7 Å². The number of halogens is 2. The number of anilines is 1. The van der Waals surface area contributed by atoms with E-state index in [-0.39, 0.29) is 11.5 Å². The molecule has 100 valence electrons. The Kier molecular flexibility index (Phi) is 3.77. The van der Waals surface area contributed by atoms with Crippen LogP contribution < -0.4 is 5.73 Å². The van der Waals surface area contributed by atoms with E-state index < -0.39 is 4.92 Å². The van der Waals surface area contributed by atoms with Crippen molar-refractivity contribution in [2.45, 2.75) is 13.5 Å². The van der Waals surface area contributed by atoms with E-state index in [0.29, 0.717) is 17.3 Å². The molecule has 0 amide bonds. The maximum Gasteiger partial charge on any atom is 0.333 e. The average molecular weight is 346 g/mol. The molecule has 1 aromatic heterocycles. The third kappa shape index (κ3) is 2.71. The van der Waals surface area contributed by atoms with Crippen molar-refractivity contribution < 1.29 is 4.92 Å². The molecule has 0 aliphatic carbocycles. The minimum Gasteiger partial charge on any atom is -0.378 e. The lowest BCUT2D eigenvalue weighted by atomic mass is 10.2. The van der Waals surface area contributed by atoms with Crippen LogP contribution >= 0.6 is 27.5 Å². The highest BCUT2D eigenvalue weighted by molar-refractivity contribution is 9.10. The zero-order chi connectivity index (χ0) is 14.2. The Bertz CT molecular complexity index is 656. The van der Waals surface area contributed by atoms with Gasteiger partial charge in [0.2, 0.25) is 5.82 Å². The SMILES string of the molecule is Cc1nn(Cc2ccc(Cl)cc2Br)c(N)c1[N+](=O)[O-]. The minimum atomic E-state index is -0.523. The van der Waals surface area contributed by atoms with E-state index in [2.05, 4.69) is 21.0 Å². The zero-order valence-corrected chi connectivity index (χ0v) is 12.3. The molecular weight excluding hydrogens is 336 g/mol. The Hall–Kier alpha value is -1.60. The minimum absolute atomic E-state index is 0.0457. The molecular formula is C11H10BrClN4O2. The van der Waals surface area contributed by atoms with Crippen molar-refractivity contribution in [3.63, 3.8) is 0 Å². The highest BCUT2D eigenvalue weighted by atomic mass is 79.9. The Labute approximate surface area is 122 Å². The van der Waals surface area contributed by atoms with Crippen molar-refractivity contribution in [2.75, 3.05) is 5.73 Å². The number of nitrogens with zero attached hydrogens (tertiary/aromatic N) is 3.